The van der Waals surface area contributed by atoms with Gasteiger partial charge in [-0.25, -0.2) is 4.39 Å². The van der Waals surface area contributed by atoms with Crippen molar-refractivity contribution in [3.63, 3.8) is 0 Å². The third-order valence-electron chi connectivity index (χ3n) is 4.85. The molecule has 3 aromatic carbocycles. The molecule has 0 spiro atoms. The first-order valence-corrected chi connectivity index (χ1v) is 9.39. The first-order valence-electron chi connectivity index (χ1n) is 9.39. The summed E-state index contributed by atoms with van der Waals surface area (Å²) in [5, 5.41) is 10.1. The van der Waals surface area contributed by atoms with Crippen molar-refractivity contribution in [1.82, 2.24) is 4.98 Å². The van der Waals surface area contributed by atoms with E-state index >= 15 is 0 Å². The van der Waals surface area contributed by atoms with Gasteiger partial charge in [0, 0.05) is 29.1 Å². The van der Waals surface area contributed by atoms with Gasteiger partial charge in [0.05, 0.1) is 0 Å². The van der Waals surface area contributed by atoms with E-state index in [0.29, 0.717) is 13.0 Å². The van der Waals surface area contributed by atoms with Gasteiger partial charge in [-0.3, -0.25) is 4.79 Å². The van der Waals surface area contributed by atoms with Crippen LogP contribution in [0.3, 0.4) is 0 Å². The topological polar surface area (TPSA) is 62.3 Å². The minimum absolute atomic E-state index is 0.0212. The Kier molecular flexibility index (Phi) is 5.29. The van der Waals surface area contributed by atoms with E-state index < -0.39 is 5.97 Å². The van der Waals surface area contributed by atoms with Gasteiger partial charge in [-0.1, -0.05) is 30.3 Å². The second kappa shape index (κ2) is 8.19. The van der Waals surface area contributed by atoms with Crippen LogP contribution in [0.5, 0.6) is 5.75 Å². The number of aliphatic carboxylic acids is 1. The van der Waals surface area contributed by atoms with Crippen molar-refractivity contribution < 1.29 is 19.0 Å². The van der Waals surface area contributed by atoms with Gasteiger partial charge < -0.3 is 14.8 Å². The number of carbonyl (C=O) groups is 1. The van der Waals surface area contributed by atoms with Crippen LogP contribution in [-0.2, 0) is 17.8 Å². The zero-order chi connectivity index (χ0) is 20.2. The SMILES string of the molecule is O=C(O)CCc1c(-c2ccc(F)cc2)[nH]c2cc(OCc3ccccc3)ccc12. The number of aryl methyl sites for hydroxylation is 1. The van der Waals surface area contributed by atoms with Gasteiger partial charge >= 0.3 is 5.97 Å². The van der Waals surface area contributed by atoms with Crippen LogP contribution in [0.4, 0.5) is 4.39 Å². The van der Waals surface area contributed by atoms with E-state index in [2.05, 4.69) is 4.98 Å². The van der Waals surface area contributed by atoms with Crippen molar-refractivity contribution in [3.05, 3.63) is 89.7 Å². The molecule has 0 saturated carbocycles. The van der Waals surface area contributed by atoms with Gasteiger partial charge in [0.25, 0.3) is 0 Å². The van der Waals surface area contributed by atoms with Crippen LogP contribution in [0.2, 0.25) is 0 Å². The summed E-state index contributed by atoms with van der Waals surface area (Å²) < 4.78 is 19.2. The van der Waals surface area contributed by atoms with Crippen molar-refractivity contribution >= 4 is 16.9 Å². The minimum atomic E-state index is -0.854. The lowest BCUT2D eigenvalue weighted by atomic mass is 10.0. The Morgan fingerprint density at radius 2 is 1.76 bits per heavy atom. The van der Waals surface area contributed by atoms with Crippen molar-refractivity contribution in [2.75, 3.05) is 0 Å². The maximum Gasteiger partial charge on any atom is 0.303 e. The lowest BCUT2D eigenvalue weighted by Gasteiger charge is -2.06. The maximum absolute atomic E-state index is 13.3. The van der Waals surface area contributed by atoms with Gasteiger partial charge in [-0.05, 0) is 59.5 Å². The molecule has 1 heterocycles. The van der Waals surface area contributed by atoms with Gasteiger partial charge in [-0.2, -0.15) is 0 Å². The molecule has 29 heavy (non-hydrogen) atoms. The average molecular weight is 389 g/mol. The monoisotopic (exact) mass is 389 g/mol. The number of ether oxygens (including phenoxy) is 1. The average Bonchev–Trinajstić information content (AvgIpc) is 3.09. The summed E-state index contributed by atoms with van der Waals surface area (Å²) >= 11 is 0. The van der Waals surface area contributed by atoms with E-state index in [-0.39, 0.29) is 12.2 Å². The molecule has 0 fully saturated rings. The molecular formula is C24H20FNO3. The van der Waals surface area contributed by atoms with E-state index in [1.165, 1.54) is 12.1 Å². The molecular weight excluding hydrogens is 369 g/mol. The summed E-state index contributed by atoms with van der Waals surface area (Å²) in [6.45, 7) is 0.462. The summed E-state index contributed by atoms with van der Waals surface area (Å²) in [7, 11) is 0. The van der Waals surface area contributed by atoms with Gasteiger partial charge in [0.2, 0.25) is 0 Å². The zero-order valence-electron chi connectivity index (χ0n) is 15.7. The third kappa shape index (κ3) is 4.29. The van der Waals surface area contributed by atoms with Crippen molar-refractivity contribution in [1.29, 1.82) is 0 Å². The standard InChI is InChI=1S/C24H20FNO3/c25-18-8-6-17(7-9-18)24-21(12-13-23(27)28)20-11-10-19(14-22(20)26-24)29-15-16-4-2-1-3-5-16/h1-11,14,26H,12-13,15H2,(H,27,28). The number of carboxylic acid groups (broad SMARTS) is 1. The summed E-state index contributed by atoms with van der Waals surface area (Å²) in [5.74, 6) is -0.446. The second-order valence-corrected chi connectivity index (χ2v) is 6.86. The molecule has 0 atom stereocenters. The number of carboxylic acids is 1. The number of halogens is 1. The molecule has 5 heteroatoms. The molecule has 4 nitrogen and oxygen atoms in total. The number of hydrogen-bond donors (Lipinski definition) is 2. The van der Waals surface area contributed by atoms with Crippen molar-refractivity contribution in [2.24, 2.45) is 0 Å². The number of benzene rings is 3. The van der Waals surface area contributed by atoms with E-state index in [4.69, 9.17) is 9.84 Å². The lowest BCUT2D eigenvalue weighted by molar-refractivity contribution is -0.136. The molecule has 0 aliphatic rings. The summed E-state index contributed by atoms with van der Waals surface area (Å²) in [6.07, 6.45) is 0.402. The first-order chi connectivity index (χ1) is 14.1. The minimum Gasteiger partial charge on any atom is -0.489 e. The van der Waals surface area contributed by atoms with Crippen LogP contribution in [0.1, 0.15) is 17.5 Å². The van der Waals surface area contributed by atoms with Gasteiger partial charge in [0.15, 0.2) is 0 Å². The number of aromatic amines is 1. The molecule has 4 rings (SSSR count). The largest absolute Gasteiger partial charge is 0.489 e. The maximum atomic E-state index is 13.3. The fourth-order valence-electron chi connectivity index (χ4n) is 3.42. The molecule has 4 aromatic rings. The van der Waals surface area contributed by atoms with Gasteiger partial charge in [-0.15, -0.1) is 0 Å². The molecule has 0 aliphatic heterocycles. The number of nitrogens with one attached hydrogen (secondary N) is 1. The predicted octanol–water partition coefficient (Wildman–Crippen LogP) is 5.57. The first kappa shape index (κ1) is 18.7. The van der Waals surface area contributed by atoms with Crippen LogP contribution in [0.25, 0.3) is 22.2 Å². The van der Waals surface area contributed by atoms with Crippen molar-refractivity contribution in [2.45, 2.75) is 19.4 Å². The molecule has 1 aromatic heterocycles. The van der Waals surface area contributed by atoms with Gasteiger partial charge in [0.1, 0.15) is 18.2 Å². The number of aromatic nitrogens is 1. The van der Waals surface area contributed by atoms with Crippen molar-refractivity contribution in [3.8, 4) is 17.0 Å². The number of fused-ring (bicyclic) bond motifs is 1. The second-order valence-electron chi connectivity index (χ2n) is 6.86. The van der Waals surface area contributed by atoms with E-state index in [9.17, 15) is 9.18 Å². The highest BCUT2D eigenvalue weighted by Gasteiger charge is 2.15. The number of H-pyrrole nitrogens is 1. The Balaban J connectivity index is 1.68. The third-order valence-corrected chi connectivity index (χ3v) is 4.85. The van der Waals surface area contributed by atoms with Crippen LogP contribution in [0, 0.1) is 5.82 Å². The lowest BCUT2D eigenvalue weighted by Crippen LogP contribution is -1.98. The number of rotatable bonds is 7. The van der Waals surface area contributed by atoms with E-state index in [1.54, 1.807) is 12.1 Å². The molecule has 2 N–H and O–H groups in total. The molecule has 0 amide bonds. The Morgan fingerprint density at radius 1 is 1.00 bits per heavy atom. The Bertz CT molecular complexity index is 1130. The fraction of sp³-hybridized carbons (Fsp3) is 0.125. The molecule has 0 unspecified atom stereocenters. The van der Waals surface area contributed by atoms with E-state index in [1.807, 2.05) is 48.5 Å². The van der Waals surface area contributed by atoms with Crippen LogP contribution >= 0.6 is 0 Å². The highest BCUT2D eigenvalue weighted by molar-refractivity contribution is 5.92. The van der Waals surface area contributed by atoms with Crippen LogP contribution in [-0.4, -0.2) is 16.1 Å². The highest BCUT2D eigenvalue weighted by Crippen LogP contribution is 2.33. The Morgan fingerprint density at radius 3 is 2.48 bits per heavy atom. The fourth-order valence-corrected chi connectivity index (χ4v) is 3.42. The summed E-state index contributed by atoms with van der Waals surface area (Å²) in [6, 6.07) is 21.8. The quantitative estimate of drug-likeness (QED) is 0.434. The molecule has 0 radical (unpaired) electrons. The molecule has 146 valence electrons. The van der Waals surface area contributed by atoms with Crippen LogP contribution < -0.4 is 4.74 Å². The zero-order valence-corrected chi connectivity index (χ0v) is 15.7. The molecule has 0 aliphatic carbocycles. The Hall–Kier alpha value is -3.60. The molecule has 0 saturated heterocycles. The summed E-state index contributed by atoms with van der Waals surface area (Å²) in [4.78, 5) is 14.5. The smallest absolute Gasteiger partial charge is 0.303 e. The Labute approximate surface area is 167 Å². The predicted molar refractivity (Wildman–Crippen MR) is 110 cm³/mol. The number of hydrogen-bond acceptors (Lipinski definition) is 2. The van der Waals surface area contributed by atoms with E-state index in [0.717, 1.165) is 39.0 Å². The normalized spacial score (nSPS) is 10.9. The van der Waals surface area contributed by atoms with Crippen LogP contribution in [0.15, 0.2) is 72.8 Å². The molecule has 0 bridgehead atoms. The highest BCUT2D eigenvalue weighted by atomic mass is 19.1. The summed E-state index contributed by atoms with van der Waals surface area (Å²) in [5.41, 5.74) is 4.46.